The maximum atomic E-state index is 11.7. The average Bonchev–Trinajstić information content (AvgIpc) is 2.48. The second-order valence-electron chi connectivity index (χ2n) is 5.59. The van der Waals surface area contributed by atoms with E-state index in [2.05, 4.69) is 19.2 Å². The number of hydrogen-bond donors (Lipinski definition) is 1. The summed E-state index contributed by atoms with van der Waals surface area (Å²) in [6, 6.07) is 7.10. The summed E-state index contributed by atoms with van der Waals surface area (Å²) in [7, 11) is 0. The van der Waals surface area contributed by atoms with E-state index in [9.17, 15) is 9.59 Å². The van der Waals surface area contributed by atoms with Crippen molar-refractivity contribution in [2.45, 2.75) is 20.3 Å². The predicted molar refractivity (Wildman–Crippen MR) is 84.0 cm³/mol. The monoisotopic (exact) mass is 306 g/mol. The Hall–Kier alpha value is -2.08. The van der Waals surface area contributed by atoms with Crippen molar-refractivity contribution in [2.24, 2.45) is 5.92 Å². The molecule has 0 radical (unpaired) electrons. The van der Waals surface area contributed by atoms with Crippen molar-refractivity contribution in [3.8, 4) is 0 Å². The zero-order valence-electron chi connectivity index (χ0n) is 13.0. The molecule has 1 fully saturated rings. The van der Waals surface area contributed by atoms with Gasteiger partial charge in [-0.1, -0.05) is 13.8 Å². The molecule has 0 unspecified atom stereocenters. The summed E-state index contributed by atoms with van der Waals surface area (Å²) >= 11 is 0. The number of nitrogens with one attached hydrogen (secondary N) is 1. The summed E-state index contributed by atoms with van der Waals surface area (Å²) in [6.45, 7) is 5.75. The fourth-order valence-corrected chi connectivity index (χ4v) is 2.06. The first-order valence-electron chi connectivity index (χ1n) is 7.48. The van der Waals surface area contributed by atoms with E-state index in [0.29, 0.717) is 31.4 Å². The van der Waals surface area contributed by atoms with E-state index in [-0.39, 0.29) is 12.5 Å². The van der Waals surface area contributed by atoms with E-state index in [0.717, 1.165) is 12.1 Å². The molecule has 1 heterocycles. The van der Waals surface area contributed by atoms with Gasteiger partial charge in [0.25, 0.3) is 5.91 Å². The molecule has 6 nitrogen and oxygen atoms in total. The quantitative estimate of drug-likeness (QED) is 0.908. The number of amides is 2. The first kappa shape index (κ1) is 16.3. The fraction of sp³-hybridized carbons (Fsp3) is 0.500. The first-order valence-corrected chi connectivity index (χ1v) is 7.48. The lowest BCUT2D eigenvalue weighted by atomic mass is 10.1. The van der Waals surface area contributed by atoms with Gasteiger partial charge in [0.15, 0.2) is 0 Å². The van der Waals surface area contributed by atoms with Crippen molar-refractivity contribution in [1.82, 2.24) is 0 Å². The van der Waals surface area contributed by atoms with Gasteiger partial charge in [-0.05, 0) is 36.6 Å². The summed E-state index contributed by atoms with van der Waals surface area (Å²) in [4.78, 5) is 25.0. The van der Waals surface area contributed by atoms with E-state index < -0.39 is 6.09 Å². The van der Waals surface area contributed by atoms with Gasteiger partial charge >= 0.3 is 6.09 Å². The predicted octanol–water partition coefficient (Wildman–Crippen LogP) is 2.64. The molecule has 1 aliphatic rings. The van der Waals surface area contributed by atoms with Crippen molar-refractivity contribution in [1.29, 1.82) is 0 Å². The number of benzene rings is 1. The van der Waals surface area contributed by atoms with Gasteiger partial charge in [-0.15, -0.1) is 0 Å². The van der Waals surface area contributed by atoms with Crippen LogP contribution in [0.25, 0.3) is 0 Å². The minimum Gasteiger partial charge on any atom is -0.449 e. The Labute approximate surface area is 130 Å². The number of ether oxygens (including phenoxy) is 2. The summed E-state index contributed by atoms with van der Waals surface area (Å²) in [5.74, 6) is 0.443. The Morgan fingerprint density at radius 1 is 1.36 bits per heavy atom. The van der Waals surface area contributed by atoms with Crippen LogP contribution in [0, 0.1) is 5.92 Å². The molecular weight excluding hydrogens is 284 g/mol. The lowest BCUT2D eigenvalue weighted by molar-refractivity contribution is -0.125. The molecule has 1 aromatic rings. The van der Waals surface area contributed by atoms with Crippen LogP contribution in [0.3, 0.4) is 0 Å². The Morgan fingerprint density at radius 2 is 2.09 bits per heavy atom. The van der Waals surface area contributed by atoms with Crippen LogP contribution < -0.4 is 10.2 Å². The van der Waals surface area contributed by atoms with Gasteiger partial charge in [-0.2, -0.15) is 0 Å². The van der Waals surface area contributed by atoms with E-state index in [1.807, 2.05) is 0 Å². The highest BCUT2D eigenvalue weighted by molar-refractivity contribution is 5.95. The third-order valence-electron chi connectivity index (χ3n) is 3.34. The molecule has 0 spiro atoms. The highest BCUT2D eigenvalue weighted by atomic mass is 16.5. The number of anilines is 2. The number of carbonyl (C=O) groups excluding carboxylic acids is 2. The van der Waals surface area contributed by atoms with E-state index >= 15 is 0 Å². The molecule has 120 valence electrons. The van der Waals surface area contributed by atoms with E-state index in [4.69, 9.17) is 9.47 Å². The summed E-state index contributed by atoms with van der Waals surface area (Å²) in [6.07, 6.45) is 0.377. The van der Waals surface area contributed by atoms with Crippen LogP contribution in [-0.2, 0) is 14.3 Å². The number of nitrogens with zero attached hydrogens (tertiary/aromatic N) is 1. The molecule has 0 aromatic heterocycles. The van der Waals surface area contributed by atoms with Crippen LogP contribution in [0.2, 0.25) is 0 Å². The first-order chi connectivity index (χ1) is 10.6. The van der Waals surface area contributed by atoms with Gasteiger partial charge in [0, 0.05) is 17.9 Å². The second-order valence-corrected chi connectivity index (χ2v) is 5.59. The van der Waals surface area contributed by atoms with Crippen LogP contribution in [0.5, 0.6) is 0 Å². The number of rotatable bonds is 5. The van der Waals surface area contributed by atoms with Gasteiger partial charge in [-0.3, -0.25) is 10.1 Å². The Balaban J connectivity index is 1.86. The Bertz CT molecular complexity index is 513. The Kier molecular flexibility index (Phi) is 5.77. The van der Waals surface area contributed by atoms with Crippen molar-refractivity contribution in [3.63, 3.8) is 0 Å². The molecule has 0 bridgehead atoms. The van der Waals surface area contributed by atoms with Crippen LogP contribution in [0.4, 0.5) is 16.2 Å². The SMILES string of the molecule is CC(C)CCOC(=O)Nc1ccc(N2CCOCC2=O)cc1. The Morgan fingerprint density at radius 3 is 2.73 bits per heavy atom. The largest absolute Gasteiger partial charge is 0.449 e. The molecule has 22 heavy (non-hydrogen) atoms. The van der Waals surface area contributed by atoms with Gasteiger partial charge < -0.3 is 14.4 Å². The van der Waals surface area contributed by atoms with E-state index in [1.54, 1.807) is 29.2 Å². The third-order valence-corrected chi connectivity index (χ3v) is 3.34. The number of carbonyl (C=O) groups is 2. The van der Waals surface area contributed by atoms with Gasteiger partial charge in [-0.25, -0.2) is 4.79 Å². The zero-order valence-corrected chi connectivity index (χ0v) is 13.0. The van der Waals surface area contributed by atoms with Crippen LogP contribution in [0.1, 0.15) is 20.3 Å². The summed E-state index contributed by atoms with van der Waals surface area (Å²) in [5, 5.41) is 2.67. The standard InChI is InChI=1S/C16H22N2O4/c1-12(2)7-9-22-16(20)17-13-3-5-14(6-4-13)18-8-10-21-11-15(18)19/h3-6,12H,7-11H2,1-2H3,(H,17,20). The third kappa shape index (κ3) is 4.73. The van der Waals surface area contributed by atoms with Crippen LogP contribution in [-0.4, -0.2) is 38.4 Å². The second kappa shape index (κ2) is 7.79. The molecule has 6 heteroatoms. The van der Waals surface area contributed by atoms with E-state index in [1.165, 1.54) is 0 Å². The summed E-state index contributed by atoms with van der Waals surface area (Å²) in [5.41, 5.74) is 1.44. The fourth-order valence-electron chi connectivity index (χ4n) is 2.06. The molecule has 1 aliphatic heterocycles. The zero-order chi connectivity index (χ0) is 15.9. The van der Waals surface area contributed by atoms with Crippen LogP contribution >= 0.6 is 0 Å². The number of hydrogen-bond acceptors (Lipinski definition) is 4. The topological polar surface area (TPSA) is 67.9 Å². The van der Waals surface area contributed by atoms with Crippen molar-refractivity contribution < 1.29 is 19.1 Å². The average molecular weight is 306 g/mol. The minimum atomic E-state index is -0.462. The lowest BCUT2D eigenvalue weighted by Gasteiger charge is -2.26. The summed E-state index contributed by atoms with van der Waals surface area (Å²) < 4.78 is 10.2. The van der Waals surface area contributed by atoms with Gasteiger partial charge in [0.05, 0.1) is 13.2 Å². The van der Waals surface area contributed by atoms with Gasteiger partial charge in [0.2, 0.25) is 0 Å². The molecule has 0 atom stereocenters. The molecule has 1 aromatic carbocycles. The van der Waals surface area contributed by atoms with Crippen LogP contribution in [0.15, 0.2) is 24.3 Å². The molecule has 0 saturated carbocycles. The molecular formula is C16H22N2O4. The smallest absolute Gasteiger partial charge is 0.411 e. The highest BCUT2D eigenvalue weighted by Gasteiger charge is 2.19. The van der Waals surface area contributed by atoms with Crippen molar-refractivity contribution in [2.75, 3.05) is 36.6 Å². The molecule has 0 aliphatic carbocycles. The molecule has 2 rings (SSSR count). The number of morpholine rings is 1. The lowest BCUT2D eigenvalue weighted by Crippen LogP contribution is -2.41. The van der Waals surface area contributed by atoms with Gasteiger partial charge in [0.1, 0.15) is 6.61 Å². The van der Waals surface area contributed by atoms with Crippen molar-refractivity contribution in [3.05, 3.63) is 24.3 Å². The normalized spacial score (nSPS) is 15.0. The molecule has 1 saturated heterocycles. The minimum absolute atomic E-state index is 0.0555. The molecule has 2 amide bonds. The molecule has 1 N–H and O–H groups in total. The highest BCUT2D eigenvalue weighted by Crippen LogP contribution is 2.19. The maximum absolute atomic E-state index is 11.7. The maximum Gasteiger partial charge on any atom is 0.411 e. The van der Waals surface area contributed by atoms with Crippen molar-refractivity contribution >= 4 is 23.4 Å².